The first-order chi connectivity index (χ1) is 9.51. The molecule has 0 spiro atoms. The number of nitrogens with zero attached hydrogens (tertiary/aromatic N) is 3. The first-order valence-corrected chi connectivity index (χ1v) is 7.15. The molecule has 0 bridgehead atoms. The number of aliphatic hydroxyl groups is 2. The van der Waals surface area contributed by atoms with E-state index < -0.39 is 24.4 Å². The Morgan fingerprint density at radius 3 is 2.95 bits per heavy atom. The van der Waals surface area contributed by atoms with Crippen LogP contribution in [-0.2, 0) is 9.53 Å². The van der Waals surface area contributed by atoms with Crippen LogP contribution >= 0.6 is 22.6 Å². The van der Waals surface area contributed by atoms with Gasteiger partial charge in [-0.1, -0.05) is 0 Å². The molecular formula is C11H13IN4O4. The Morgan fingerprint density at radius 1 is 1.55 bits per heavy atom. The first-order valence-electron chi connectivity index (χ1n) is 6.07. The van der Waals surface area contributed by atoms with Crippen molar-refractivity contribution in [2.24, 2.45) is 21.6 Å². The van der Waals surface area contributed by atoms with Gasteiger partial charge in [-0.3, -0.25) is 4.79 Å². The molecule has 3 aliphatic rings. The highest BCUT2D eigenvalue weighted by atomic mass is 127. The average Bonchev–Trinajstić information content (AvgIpc) is 2.90. The van der Waals surface area contributed by atoms with Gasteiger partial charge in [0.2, 0.25) is 5.96 Å². The van der Waals surface area contributed by atoms with Gasteiger partial charge < -0.3 is 25.6 Å². The van der Waals surface area contributed by atoms with Gasteiger partial charge in [0.15, 0.2) is 0 Å². The first kappa shape index (κ1) is 13.9. The SMILES string of the molecule is NC1=NC(=O)C2C(I)=CN(C3CC(O)C(CO)O3)C2=N1. The number of ether oxygens (including phenoxy) is 1. The number of hydrogen-bond donors (Lipinski definition) is 3. The summed E-state index contributed by atoms with van der Waals surface area (Å²) in [7, 11) is 0. The monoisotopic (exact) mass is 392 g/mol. The minimum atomic E-state index is -0.749. The zero-order valence-corrected chi connectivity index (χ0v) is 12.5. The molecule has 3 rings (SSSR count). The number of amides is 1. The molecule has 0 radical (unpaired) electrons. The molecule has 108 valence electrons. The molecule has 3 heterocycles. The third-order valence-corrected chi connectivity index (χ3v) is 4.36. The van der Waals surface area contributed by atoms with Crippen molar-refractivity contribution in [3.63, 3.8) is 0 Å². The van der Waals surface area contributed by atoms with Crippen molar-refractivity contribution in [3.8, 4) is 0 Å². The molecule has 1 saturated heterocycles. The number of aliphatic hydroxyl groups excluding tert-OH is 2. The fourth-order valence-electron chi connectivity index (χ4n) is 2.50. The van der Waals surface area contributed by atoms with Gasteiger partial charge in [0.05, 0.1) is 12.7 Å². The molecular weight excluding hydrogens is 379 g/mol. The van der Waals surface area contributed by atoms with Crippen LogP contribution in [-0.4, -0.2) is 57.9 Å². The van der Waals surface area contributed by atoms with Crippen molar-refractivity contribution >= 4 is 40.3 Å². The molecule has 4 atom stereocenters. The van der Waals surface area contributed by atoms with Crippen molar-refractivity contribution in [2.75, 3.05) is 6.61 Å². The number of rotatable bonds is 2. The summed E-state index contributed by atoms with van der Waals surface area (Å²) in [5.41, 5.74) is 5.53. The number of carbonyl (C=O) groups is 1. The minimum absolute atomic E-state index is 0.0806. The van der Waals surface area contributed by atoms with Gasteiger partial charge in [-0.15, -0.1) is 0 Å². The molecule has 0 saturated carbocycles. The van der Waals surface area contributed by atoms with Gasteiger partial charge >= 0.3 is 0 Å². The van der Waals surface area contributed by atoms with Crippen LogP contribution in [0.5, 0.6) is 0 Å². The van der Waals surface area contributed by atoms with E-state index in [1.54, 1.807) is 11.1 Å². The van der Waals surface area contributed by atoms with Crippen molar-refractivity contribution in [1.82, 2.24) is 4.90 Å². The smallest absolute Gasteiger partial charge is 0.264 e. The number of hydrogen-bond acceptors (Lipinski definition) is 7. The Bertz CT molecular complexity index is 547. The fraction of sp³-hybridized carbons (Fsp3) is 0.545. The quantitative estimate of drug-likeness (QED) is 0.514. The van der Waals surface area contributed by atoms with E-state index in [0.29, 0.717) is 12.3 Å². The highest BCUT2D eigenvalue weighted by Gasteiger charge is 2.45. The van der Waals surface area contributed by atoms with Crippen molar-refractivity contribution in [3.05, 3.63) is 9.78 Å². The molecule has 4 N–H and O–H groups in total. The number of halogens is 1. The molecule has 0 aromatic carbocycles. The highest BCUT2D eigenvalue weighted by Crippen LogP contribution is 2.36. The van der Waals surface area contributed by atoms with Crippen LogP contribution in [0.4, 0.5) is 0 Å². The second-order valence-electron chi connectivity index (χ2n) is 4.75. The lowest BCUT2D eigenvalue weighted by Crippen LogP contribution is -2.41. The molecule has 1 amide bonds. The Balaban J connectivity index is 1.88. The summed E-state index contributed by atoms with van der Waals surface area (Å²) < 4.78 is 6.35. The lowest BCUT2D eigenvalue weighted by Gasteiger charge is -2.26. The van der Waals surface area contributed by atoms with Gasteiger partial charge in [-0.25, -0.2) is 0 Å². The molecule has 8 nitrogen and oxygen atoms in total. The summed E-state index contributed by atoms with van der Waals surface area (Å²) in [6, 6.07) is 0. The number of amidine groups is 1. The minimum Gasteiger partial charge on any atom is -0.394 e. The van der Waals surface area contributed by atoms with E-state index in [9.17, 15) is 9.90 Å². The Labute approximate surface area is 128 Å². The Kier molecular flexibility index (Phi) is 3.52. The van der Waals surface area contributed by atoms with Crippen LogP contribution in [0.3, 0.4) is 0 Å². The molecule has 9 heteroatoms. The highest BCUT2D eigenvalue weighted by molar-refractivity contribution is 14.1. The van der Waals surface area contributed by atoms with Crippen LogP contribution < -0.4 is 5.73 Å². The molecule has 4 unspecified atom stereocenters. The predicted octanol–water partition coefficient (Wildman–Crippen LogP) is -1.08. The van der Waals surface area contributed by atoms with Crippen LogP contribution in [0.15, 0.2) is 19.8 Å². The van der Waals surface area contributed by atoms with Crippen LogP contribution in [0.2, 0.25) is 0 Å². The molecule has 1 fully saturated rings. The molecule has 3 aliphatic heterocycles. The van der Waals surface area contributed by atoms with Crippen molar-refractivity contribution < 1.29 is 19.7 Å². The maximum absolute atomic E-state index is 11.9. The van der Waals surface area contributed by atoms with Gasteiger partial charge in [-0.2, -0.15) is 9.98 Å². The topological polar surface area (TPSA) is 121 Å². The zero-order chi connectivity index (χ0) is 14.4. The van der Waals surface area contributed by atoms with E-state index in [-0.39, 0.29) is 18.5 Å². The predicted molar refractivity (Wildman–Crippen MR) is 77.9 cm³/mol. The normalized spacial score (nSPS) is 36.6. The second-order valence-corrected chi connectivity index (χ2v) is 5.99. The molecule has 0 aromatic rings. The lowest BCUT2D eigenvalue weighted by atomic mass is 10.1. The molecule has 20 heavy (non-hydrogen) atoms. The van der Waals surface area contributed by atoms with Gasteiger partial charge in [0.1, 0.15) is 24.1 Å². The summed E-state index contributed by atoms with van der Waals surface area (Å²) in [5, 5.41) is 18.9. The van der Waals surface area contributed by atoms with Crippen molar-refractivity contribution in [2.45, 2.75) is 24.9 Å². The number of carbonyl (C=O) groups excluding carboxylic acids is 1. The summed E-state index contributed by atoms with van der Waals surface area (Å²) in [5.74, 6) is -0.518. The van der Waals surface area contributed by atoms with Gasteiger partial charge in [-0.05, 0) is 22.6 Å². The summed E-state index contributed by atoms with van der Waals surface area (Å²) in [4.78, 5) is 21.3. The van der Waals surface area contributed by atoms with E-state index in [1.807, 2.05) is 0 Å². The van der Waals surface area contributed by atoms with E-state index in [4.69, 9.17) is 15.6 Å². The van der Waals surface area contributed by atoms with E-state index in [1.165, 1.54) is 0 Å². The largest absolute Gasteiger partial charge is 0.394 e. The van der Waals surface area contributed by atoms with Crippen LogP contribution in [0.25, 0.3) is 0 Å². The van der Waals surface area contributed by atoms with Gasteiger partial charge in [0.25, 0.3) is 5.91 Å². The van der Waals surface area contributed by atoms with E-state index >= 15 is 0 Å². The number of fused-ring (bicyclic) bond motifs is 1. The number of guanidine groups is 1. The lowest BCUT2D eigenvalue weighted by molar-refractivity contribution is -0.118. The molecule has 0 aromatic heterocycles. The summed E-state index contributed by atoms with van der Waals surface area (Å²) in [6.07, 6.45) is 0.210. The summed E-state index contributed by atoms with van der Waals surface area (Å²) >= 11 is 2.05. The zero-order valence-electron chi connectivity index (χ0n) is 10.3. The third kappa shape index (κ3) is 2.14. The van der Waals surface area contributed by atoms with Gasteiger partial charge in [0, 0.05) is 16.2 Å². The van der Waals surface area contributed by atoms with E-state index in [0.717, 1.165) is 3.58 Å². The Hall–Kier alpha value is -1.04. The standard InChI is InChI=1S/C11H13IN4O4/c12-4-2-16(7-1-5(18)6(3-17)20-7)9-8(4)10(19)15-11(13)14-9/h2,5-8,17-18H,1,3H2,(H2,13,15,19). The van der Waals surface area contributed by atoms with Crippen molar-refractivity contribution in [1.29, 1.82) is 0 Å². The van der Waals surface area contributed by atoms with Crippen LogP contribution in [0, 0.1) is 5.92 Å². The number of aliphatic imine (C=N–C) groups is 2. The fourth-order valence-corrected chi connectivity index (χ4v) is 3.34. The van der Waals surface area contributed by atoms with Crippen LogP contribution in [0.1, 0.15) is 6.42 Å². The summed E-state index contributed by atoms with van der Waals surface area (Å²) in [6.45, 7) is -0.259. The third-order valence-electron chi connectivity index (χ3n) is 3.46. The Morgan fingerprint density at radius 2 is 2.30 bits per heavy atom. The second kappa shape index (κ2) is 5.06. The molecule has 0 aliphatic carbocycles. The maximum atomic E-state index is 11.9. The maximum Gasteiger partial charge on any atom is 0.264 e. The number of nitrogens with two attached hydrogens (primary N) is 1. The van der Waals surface area contributed by atoms with E-state index in [2.05, 4.69) is 32.6 Å². The average molecular weight is 392 g/mol.